The molecule has 0 aromatic rings. The van der Waals surface area contributed by atoms with Crippen molar-refractivity contribution >= 4 is 16.2 Å². The maximum atomic E-state index is 11.9. The summed E-state index contributed by atoms with van der Waals surface area (Å²) in [5, 5.41) is 8.80. The molecule has 10 heteroatoms. The predicted octanol–water partition coefficient (Wildman–Crippen LogP) is 0.864. The maximum absolute atomic E-state index is 11.9. The highest BCUT2D eigenvalue weighted by Crippen LogP contribution is 2.28. The molecule has 0 aromatic carbocycles. The van der Waals surface area contributed by atoms with E-state index >= 15 is 0 Å². The molecule has 0 aromatic heterocycles. The van der Waals surface area contributed by atoms with E-state index in [0.29, 0.717) is 25.7 Å². The quantitative estimate of drug-likeness (QED) is 0.677. The average molecular weight is 318 g/mol. The van der Waals surface area contributed by atoms with E-state index in [-0.39, 0.29) is 12.5 Å². The highest BCUT2D eigenvalue weighted by molar-refractivity contribution is 7.87. The fourth-order valence-corrected chi connectivity index (χ4v) is 2.98. The van der Waals surface area contributed by atoms with E-state index in [0.717, 1.165) is 0 Å². The van der Waals surface area contributed by atoms with E-state index < -0.39 is 34.8 Å². The van der Waals surface area contributed by atoms with E-state index in [1.54, 1.807) is 0 Å². The van der Waals surface area contributed by atoms with Crippen LogP contribution in [0.5, 0.6) is 0 Å². The lowest BCUT2D eigenvalue weighted by Crippen LogP contribution is -2.43. The molecule has 0 bridgehead atoms. The van der Waals surface area contributed by atoms with Crippen molar-refractivity contribution in [2.75, 3.05) is 13.1 Å². The average Bonchev–Trinajstić information content (AvgIpc) is 2.34. The molecule has 0 unspecified atom stereocenters. The monoisotopic (exact) mass is 318 g/mol. The van der Waals surface area contributed by atoms with Crippen LogP contribution in [0.25, 0.3) is 0 Å². The van der Waals surface area contributed by atoms with Crippen LogP contribution in [-0.2, 0) is 15.0 Å². The number of aliphatic carboxylic acids is 1. The molecule has 0 radical (unpaired) electrons. The Kier molecular flexibility index (Phi) is 5.78. The summed E-state index contributed by atoms with van der Waals surface area (Å²) in [5.41, 5.74) is 0. The van der Waals surface area contributed by atoms with E-state index in [1.165, 1.54) is 4.72 Å². The summed E-state index contributed by atoms with van der Waals surface area (Å²) in [6.45, 7) is -1.60. The number of carbonyl (C=O) groups is 1. The molecule has 0 aliphatic heterocycles. The molecule has 1 fully saturated rings. The molecule has 20 heavy (non-hydrogen) atoms. The molecule has 1 aliphatic carbocycles. The summed E-state index contributed by atoms with van der Waals surface area (Å²) >= 11 is 0. The number of alkyl halides is 3. The van der Waals surface area contributed by atoms with Crippen LogP contribution in [0.1, 0.15) is 25.7 Å². The van der Waals surface area contributed by atoms with Gasteiger partial charge in [0, 0.05) is 6.54 Å². The fourth-order valence-electron chi connectivity index (χ4n) is 2.07. The first-order chi connectivity index (χ1) is 9.09. The van der Waals surface area contributed by atoms with Crippen molar-refractivity contribution in [3.63, 3.8) is 0 Å². The maximum Gasteiger partial charge on any atom is 0.402 e. The molecule has 1 aliphatic rings. The van der Waals surface area contributed by atoms with Crippen molar-refractivity contribution in [1.29, 1.82) is 0 Å². The summed E-state index contributed by atoms with van der Waals surface area (Å²) in [5.74, 6) is -1.32. The van der Waals surface area contributed by atoms with Crippen molar-refractivity contribution in [3.8, 4) is 0 Å². The Bertz CT molecular complexity index is 430. The largest absolute Gasteiger partial charge is 0.481 e. The number of carboxylic acid groups (broad SMARTS) is 1. The lowest BCUT2D eigenvalue weighted by Gasteiger charge is -2.26. The number of rotatable bonds is 6. The minimum Gasteiger partial charge on any atom is -0.481 e. The van der Waals surface area contributed by atoms with Crippen LogP contribution in [0, 0.1) is 11.8 Å². The predicted molar refractivity (Wildman–Crippen MR) is 64.1 cm³/mol. The Hall–Kier alpha value is -0.870. The minimum atomic E-state index is -4.60. The normalized spacial score (nSPS) is 24.6. The van der Waals surface area contributed by atoms with Crippen LogP contribution in [0.15, 0.2) is 0 Å². The second kappa shape index (κ2) is 6.72. The Morgan fingerprint density at radius 3 is 2.15 bits per heavy atom. The number of nitrogens with one attached hydrogen (secondary N) is 2. The smallest absolute Gasteiger partial charge is 0.402 e. The summed E-state index contributed by atoms with van der Waals surface area (Å²) in [6.07, 6.45) is -2.61. The van der Waals surface area contributed by atoms with Crippen molar-refractivity contribution in [1.82, 2.24) is 9.44 Å². The molecule has 1 saturated carbocycles. The zero-order chi connectivity index (χ0) is 15.4. The van der Waals surface area contributed by atoms with Gasteiger partial charge >= 0.3 is 12.1 Å². The van der Waals surface area contributed by atoms with Gasteiger partial charge in [0.05, 0.1) is 5.92 Å². The lowest BCUT2D eigenvalue weighted by atomic mass is 9.82. The number of carboxylic acids is 1. The summed E-state index contributed by atoms with van der Waals surface area (Å²) in [7, 11) is -4.18. The second-order valence-electron chi connectivity index (χ2n) is 4.84. The first kappa shape index (κ1) is 17.2. The van der Waals surface area contributed by atoms with Gasteiger partial charge in [-0.3, -0.25) is 4.79 Å². The minimum absolute atomic E-state index is 0.0134. The zero-order valence-corrected chi connectivity index (χ0v) is 11.4. The van der Waals surface area contributed by atoms with Gasteiger partial charge in [0.1, 0.15) is 6.54 Å². The molecule has 6 nitrogen and oxygen atoms in total. The third kappa shape index (κ3) is 6.53. The Morgan fingerprint density at radius 1 is 1.15 bits per heavy atom. The van der Waals surface area contributed by atoms with Gasteiger partial charge in [-0.25, -0.2) is 4.72 Å². The molecule has 0 saturated heterocycles. The van der Waals surface area contributed by atoms with Gasteiger partial charge in [0.25, 0.3) is 10.2 Å². The van der Waals surface area contributed by atoms with Gasteiger partial charge in [-0.15, -0.1) is 0 Å². The van der Waals surface area contributed by atoms with Crippen LogP contribution >= 0.6 is 0 Å². The molecule has 0 amide bonds. The SMILES string of the molecule is O=C(O)C1CCC(CNS(=O)(=O)NCC(F)(F)F)CC1. The summed E-state index contributed by atoms with van der Waals surface area (Å²) in [6, 6.07) is 0. The van der Waals surface area contributed by atoms with Crippen molar-refractivity contribution < 1.29 is 31.5 Å². The molecule has 0 heterocycles. The van der Waals surface area contributed by atoms with Crippen molar-refractivity contribution in [2.45, 2.75) is 31.9 Å². The van der Waals surface area contributed by atoms with Crippen LogP contribution < -0.4 is 9.44 Å². The van der Waals surface area contributed by atoms with Crippen LogP contribution in [0.2, 0.25) is 0 Å². The summed E-state index contributed by atoms with van der Waals surface area (Å²) in [4.78, 5) is 10.7. The van der Waals surface area contributed by atoms with Crippen LogP contribution in [0.3, 0.4) is 0 Å². The Balaban J connectivity index is 2.31. The van der Waals surface area contributed by atoms with Gasteiger partial charge in [-0.2, -0.15) is 26.3 Å². The van der Waals surface area contributed by atoms with E-state index in [9.17, 15) is 26.4 Å². The number of hydrogen-bond donors (Lipinski definition) is 3. The highest BCUT2D eigenvalue weighted by Gasteiger charge is 2.30. The first-order valence-corrected chi connectivity index (χ1v) is 7.61. The number of hydrogen-bond acceptors (Lipinski definition) is 3. The zero-order valence-electron chi connectivity index (χ0n) is 10.6. The third-order valence-electron chi connectivity index (χ3n) is 3.22. The molecule has 1 rings (SSSR count). The molecular weight excluding hydrogens is 301 g/mol. The molecule has 0 atom stereocenters. The van der Waals surface area contributed by atoms with Gasteiger partial charge in [-0.1, -0.05) is 0 Å². The molecular formula is C10H17F3N2O4S. The van der Waals surface area contributed by atoms with Gasteiger partial charge < -0.3 is 5.11 Å². The van der Waals surface area contributed by atoms with Gasteiger partial charge in [0.2, 0.25) is 0 Å². The van der Waals surface area contributed by atoms with E-state index in [1.807, 2.05) is 0 Å². The molecule has 118 valence electrons. The van der Waals surface area contributed by atoms with Gasteiger partial charge in [0.15, 0.2) is 0 Å². The third-order valence-corrected chi connectivity index (χ3v) is 4.29. The van der Waals surface area contributed by atoms with Crippen LogP contribution in [0.4, 0.5) is 13.2 Å². The second-order valence-corrected chi connectivity index (χ2v) is 6.43. The van der Waals surface area contributed by atoms with Crippen molar-refractivity contribution in [2.24, 2.45) is 11.8 Å². The first-order valence-electron chi connectivity index (χ1n) is 6.13. The van der Waals surface area contributed by atoms with E-state index in [2.05, 4.69) is 4.72 Å². The highest BCUT2D eigenvalue weighted by atomic mass is 32.2. The standard InChI is InChI=1S/C10H17F3N2O4S/c11-10(12,13)6-15-20(18,19)14-5-7-1-3-8(4-2-7)9(16)17/h7-8,14-15H,1-6H2,(H,16,17). The van der Waals surface area contributed by atoms with Gasteiger partial charge in [-0.05, 0) is 31.6 Å². The van der Waals surface area contributed by atoms with E-state index in [4.69, 9.17) is 5.11 Å². The number of halogens is 3. The lowest BCUT2D eigenvalue weighted by molar-refractivity contribution is -0.143. The van der Waals surface area contributed by atoms with Crippen molar-refractivity contribution in [3.05, 3.63) is 0 Å². The summed E-state index contributed by atoms with van der Waals surface area (Å²) < 4.78 is 61.7. The fraction of sp³-hybridized carbons (Fsp3) is 0.900. The van der Waals surface area contributed by atoms with Crippen LogP contribution in [-0.4, -0.2) is 38.8 Å². The molecule has 3 N–H and O–H groups in total. The Labute approximate surface area is 114 Å². The molecule has 0 spiro atoms. The Morgan fingerprint density at radius 2 is 1.70 bits per heavy atom. The topological polar surface area (TPSA) is 95.5 Å².